The molecule has 11 nitrogen and oxygen atoms in total. The number of rotatable bonds is 8. The number of nitrogens with zero attached hydrogens (tertiary/aromatic N) is 6. The van der Waals surface area contributed by atoms with Gasteiger partial charge >= 0.3 is 6.03 Å². The highest BCUT2D eigenvalue weighted by atomic mass is 16.5. The van der Waals surface area contributed by atoms with Crippen molar-refractivity contribution in [2.24, 2.45) is 0 Å². The number of fused-ring (bicyclic) bond motifs is 2. The van der Waals surface area contributed by atoms with Gasteiger partial charge in [0.15, 0.2) is 11.5 Å². The topological polar surface area (TPSA) is 111 Å². The van der Waals surface area contributed by atoms with Crippen molar-refractivity contribution in [3.05, 3.63) is 95.8 Å². The Bertz CT molecular complexity index is 1840. The number of pyridine rings is 1. The summed E-state index contributed by atoms with van der Waals surface area (Å²) < 4.78 is 16.0. The van der Waals surface area contributed by atoms with Crippen molar-refractivity contribution >= 4 is 17.5 Å². The summed E-state index contributed by atoms with van der Waals surface area (Å²) in [7, 11) is 0. The summed E-state index contributed by atoms with van der Waals surface area (Å²) in [5.41, 5.74) is 4.68. The van der Waals surface area contributed by atoms with E-state index in [0.29, 0.717) is 12.4 Å². The Labute approximate surface area is 274 Å². The Morgan fingerprint density at radius 1 is 0.936 bits per heavy atom. The van der Waals surface area contributed by atoms with E-state index in [-0.39, 0.29) is 23.6 Å². The molecule has 1 aliphatic heterocycles. The Kier molecular flexibility index (Phi) is 8.66. The van der Waals surface area contributed by atoms with Gasteiger partial charge in [0.05, 0.1) is 37.7 Å². The molecule has 2 aliphatic rings. The first kappa shape index (κ1) is 30.9. The second-order valence-corrected chi connectivity index (χ2v) is 13.3. The van der Waals surface area contributed by atoms with E-state index >= 15 is 0 Å². The molecule has 0 bridgehead atoms. The fourth-order valence-electron chi connectivity index (χ4n) is 6.34. The van der Waals surface area contributed by atoms with Crippen LogP contribution in [0.2, 0.25) is 0 Å². The molecule has 11 heteroatoms. The predicted octanol–water partition coefficient (Wildman–Crippen LogP) is 6.00. The lowest BCUT2D eigenvalue weighted by Crippen LogP contribution is -2.39. The van der Waals surface area contributed by atoms with E-state index in [1.54, 1.807) is 0 Å². The number of anilines is 1. The first-order chi connectivity index (χ1) is 22.8. The summed E-state index contributed by atoms with van der Waals surface area (Å²) in [5.74, 6) is 2.20. The van der Waals surface area contributed by atoms with E-state index in [9.17, 15) is 4.79 Å². The molecule has 2 atom stereocenters. The minimum Gasteiger partial charge on any atom is -0.484 e. The number of carbonyl (C=O) groups is 1. The van der Waals surface area contributed by atoms with Gasteiger partial charge in [0, 0.05) is 36.7 Å². The lowest BCUT2D eigenvalue weighted by molar-refractivity contribution is 0.0360. The number of aromatic nitrogens is 5. The molecule has 4 heterocycles. The highest BCUT2D eigenvalue weighted by Gasteiger charge is 2.30. The number of urea groups is 1. The maximum absolute atomic E-state index is 13.5. The largest absolute Gasteiger partial charge is 0.484 e. The predicted molar refractivity (Wildman–Crippen MR) is 181 cm³/mol. The van der Waals surface area contributed by atoms with Gasteiger partial charge in [0.25, 0.3) is 0 Å². The van der Waals surface area contributed by atoms with Crippen molar-refractivity contribution in [2.75, 3.05) is 38.2 Å². The van der Waals surface area contributed by atoms with Crippen LogP contribution in [-0.4, -0.2) is 68.2 Å². The molecule has 1 aliphatic carbocycles. The van der Waals surface area contributed by atoms with Gasteiger partial charge in [-0.25, -0.2) is 9.48 Å². The Hall–Kier alpha value is -4.74. The third-order valence-electron chi connectivity index (χ3n) is 8.95. The van der Waals surface area contributed by atoms with Crippen molar-refractivity contribution in [1.82, 2.24) is 34.6 Å². The zero-order valence-corrected chi connectivity index (χ0v) is 27.2. The van der Waals surface area contributed by atoms with Crippen molar-refractivity contribution in [2.45, 2.75) is 57.7 Å². The molecule has 2 amide bonds. The summed E-state index contributed by atoms with van der Waals surface area (Å²) >= 11 is 0. The summed E-state index contributed by atoms with van der Waals surface area (Å²) in [6.45, 7) is 11.3. The molecular formula is C36H42N8O3. The van der Waals surface area contributed by atoms with Crippen LogP contribution in [0.25, 0.3) is 17.0 Å². The minimum atomic E-state index is -0.247. The quantitative estimate of drug-likeness (QED) is 0.216. The molecule has 1 saturated heterocycles. The van der Waals surface area contributed by atoms with Crippen LogP contribution in [0.4, 0.5) is 10.6 Å². The Balaban J connectivity index is 1.05. The molecule has 1 fully saturated rings. The van der Waals surface area contributed by atoms with Crippen LogP contribution in [0, 0.1) is 0 Å². The molecule has 0 radical (unpaired) electrons. The Morgan fingerprint density at radius 2 is 1.70 bits per heavy atom. The van der Waals surface area contributed by atoms with Crippen molar-refractivity contribution in [3.63, 3.8) is 0 Å². The number of carbonyl (C=O) groups excluding carboxylic acids is 1. The zero-order valence-electron chi connectivity index (χ0n) is 27.2. The standard InChI is InChI=1S/C36H42N8O3/c1-36(2,3)31-23-33(44(41-31)18-17-42-19-21-46-22-20-42)38-35(45)37-29-14-15-30(28-12-8-7-11-27(28)29)47-26-13-16-32-39-40-34(43(32)24-26)25-9-5-4-6-10-25/h4-13,16,23-24,29-30H,14-15,17-22H2,1-3H3,(H2,37,38,45)/t29-,30+/m0/s1. The lowest BCUT2D eigenvalue weighted by atomic mass is 9.85. The molecule has 3 aromatic heterocycles. The van der Waals surface area contributed by atoms with Crippen LogP contribution in [-0.2, 0) is 16.7 Å². The van der Waals surface area contributed by atoms with Crippen molar-refractivity contribution in [3.8, 4) is 17.1 Å². The maximum atomic E-state index is 13.5. The van der Waals surface area contributed by atoms with Crippen LogP contribution in [0.1, 0.15) is 62.6 Å². The summed E-state index contributed by atoms with van der Waals surface area (Å²) in [5, 5.41) is 20.0. The van der Waals surface area contributed by atoms with E-state index in [1.165, 1.54) is 0 Å². The third-order valence-corrected chi connectivity index (χ3v) is 8.95. The normalized spacial score (nSPS) is 18.5. The molecule has 2 N–H and O–H groups in total. The molecule has 0 unspecified atom stereocenters. The second kappa shape index (κ2) is 13.2. The van der Waals surface area contributed by atoms with Crippen LogP contribution < -0.4 is 15.4 Å². The van der Waals surface area contributed by atoms with Gasteiger partial charge in [0.2, 0.25) is 0 Å². The number of benzene rings is 2. The molecule has 0 saturated carbocycles. The molecule has 7 rings (SSSR count). The van der Waals surface area contributed by atoms with Crippen LogP contribution >= 0.6 is 0 Å². The van der Waals surface area contributed by atoms with E-state index in [2.05, 4.69) is 58.6 Å². The number of hydrogen-bond acceptors (Lipinski definition) is 7. The molecular weight excluding hydrogens is 592 g/mol. The maximum Gasteiger partial charge on any atom is 0.320 e. The number of hydrogen-bond donors (Lipinski definition) is 2. The molecule has 0 spiro atoms. The Morgan fingerprint density at radius 3 is 2.49 bits per heavy atom. The van der Waals surface area contributed by atoms with Gasteiger partial charge in [-0.15, -0.1) is 10.2 Å². The SMILES string of the molecule is CC(C)(C)c1cc(NC(=O)N[C@H]2CC[C@@H](Oc3ccc4nnc(-c5ccccc5)n4c3)c3ccccc32)n(CCN2CCOCC2)n1. The number of amides is 2. The average Bonchev–Trinajstić information content (AvgIpc) is 3.70. The number of morpholine rings is 1. The zero-order chi connectivity index (χ0) is 32.4. The first-order valence-corrected chi connectivity index (χ1v) is 16.4. The van der Waals surface area contributed by atoms with Gasteiger partial charge in [-0.2, -0.15) is 5.10 Å². The molecule has 2 aromatic carbocycles. The molecule has 244 valence electrons. The fraction of sp³-hybridized carbons (Fsp3) is 0.389. The highest BCUT2D eigenvalue weighted by Crippen LogP contribution is 2.39. The lowest BCUT2D eigenvalue weighted by Gasteiger charge is -2.32. The highest BCUT2D eigenvalue weighted by molar-refractivity contribution is 5.88. The molecule has 47 heavy (non-hydrogen) atoms. The average molecular weight is 635 g/mol. The van der Waals surface area contributed by atoms with Gasteiger partial charge in [-0.3, -0.25) is 14.6 Å². The summed E-state index contributed by atoms with van der Waals surface area (Å²) in [6.07, 6.45) is 3.28. The van der Waals surface area contributed by atoms with Crippen molar-refractivity contribution in [1.29, 1.82) is 0 Å². The van der Waals surface area contributed by atoms with Crippen LogP contribution in [0.3, 0.4) is 0 Å². The number of ether oxygens (including phenoxy) is 2. The van der Waals surface area contributed by atoms with Crippen LogP contribution in [0.15, 0.2) is 79.0 Å². The van der Waals surface area contributed by atoms with Crippen LogP contribution in [0.5, 0.6) is 5.75 Å². The van der Waals surface area contributed by atoms with E-state index in [0.717, 1.165) is 85.3 Å². The van der Waals surface area contributed by atoms with E-state index in [1.807, 2.05) is 75.9 Å². The van der Waals surface area contributed by atoms with E-state index in [4.69, 9.17) is 14.6 Å². The second-order valence-electron chi connectivity index (χ2n) is 13.3. The summed E-state index contributed by atoms with van der Waals surface area (Å²) in [4.78, 5) is 15.9. The third kappa shape index (κ3) is 6.86. The van der Waals surface area contributed by atoms with Gasteiger partial charge in [-0.05, 0) is 36.1 Å². The smallest absolute Gasteiger partial charge is 0.320 e. The number of nitrogens with one attached hydrogen (secondary N) is 2. The molecule has 5 aromatic rings. The van der Waals surface area contributed by atoms with Gasteiger partial charge < -0.3 is 14.8 Å². The summed E-state index contributed by atoms with van der Waals surface area (Å²) in [6, 6.07) is 23.7. The minimum absolute atomic E-state index is 0.142. The van der Waals surface area contributed by atoms with Crippen molar-refractivity contribution < 1.29 is 14.3 Å². The van der Waals surface area contributed by atoms with E-state index < -0.39 is 0 Å². The first-order valence-electron chi connectivity index (χ1n) is 16.4. The monoisotopic (exact) mass is 634 g/mol. The fourth-order valence-corrected chi connectivity index (χ4v) is 6.34. The van der Waals surface area contributed by atoms with Gasteiger partial charge in [-0.1, -0.05) is 75.4 Å². The van der Waals surface area contributed by atoms with Gasteiger partial charge in [0.1, 0.15) is 17.7 Å².